The summed E-state index contributed by atoms with van der Waals surface area (Å²) in [5, 5.41) is 0. The molecule has 1 fully saturated rings. The molecule has 0 N–H and O–H groups in total. The highest BCUT2D eigenvalue weighted by Gasteiger charge is 2.34. The van der Waals surface area contributed by atoms with E-state index in [1.165, 1.54) is 6.07 Å². The van der Waals surface area contributed by atoms with E-state index in [0.29, 0.717) is 37.1 Å². The molecule has 0 unspecified atom stereocenters. The predicted molar refractivity (Wildman–Crippen MR) is 124 cm³/mol. The second-order valence-corrected chi connectivity index (χ2v) is 8.54. The highest BCUT2D eigenvalue weighted by atomic mass is 19.4. The first kappa shape index (κ1) is 23.1. The molecule has 0 atom stereocenters. The number of halogens is 3. The molecule has 0 radical (unpaired) electrons. The number of aryl methyl sites for hydroxylation is 1. The van der Waals surface area contributed by atoms with Crippen LogP contribution in [-0.2, 0) is 12.7 Å². The summed E-state index contributed by atoms with van der Waals surface area (Å²) in [6.07, 6.45) is -2.97. The van der Waals surface area contributed by atoms with Gasteiger partial charge in [0.15, 0.2) is 0 Å². The smallest absolute Gasteiger partial charge is 0.305 e. The lowest BCUT2D eigenvalue weighted by Gasteiger charge is -2.39. The van der Waals surface area contributed by atoms with E-state index in [9.17, 15) is 18.0 Å². The Morgan fingerprint density at radius 3 is 2.15 bits per heavy atom. The lowest BCUT2D eigenvalue weighted by Crippen LogP contribution is -2.47. The van der Waals surface area contributed by atoms with Crippen molar-refractivity contribution in [2.75, 3.05) is 18.0 Å². The second-order valence-electron chi connectivity index (χ2n) is 8.54. The molecule has 0 saturated carbocycles. The highest BCUT2D eigenvalue weighted by molar-refractivity contribution is 6.06. The SMILES string of the molecule is Cc1ccc(C(=O)N(c2ccccc2)C2CCN(Cc3ccccc3C(F)(F)F)CC2)cc1. The lowest BCUT2D eigenvalue weighted by molar-refractivity contribution is -0.138. The zero-order valence-electron chi connectivity index (χ0n) is 18.6. The van der Waals surface area contributed by atoms with Crippen molar-refractivity contribution in [3.8, 4) is 0 Å². The van der Waals surface area contributed by atoms with Crippen LogP contribution in [0, 0.1) is 6.92 Å². The Kier molecular flexibility index (Phi) is 6.84. The largest absolute Gasteiger partial charge is 0.416 e. The number of para-hydroxylation sites is 1. The van der Waals surface area contributed by atoms with Gasteiger partial charge in [-0.3, -0.25) is 9.69 Å². The average Bonchev–Trinajstić information content (AvgIpc) is 2.81. The molecule has 0 spiro atoms. The van der Waals surface area contributed by atoms with Gasteiger partial charge in [-0.2, -0.15) is 13.2 Å². The maximum Gasteiger partial charge on any atom is 0.416 e. The van der Waals surface area contributed by atoms with E-state index < -0.39 is 11.7 Å². The minimum absolute atomic E-state index is 0.0182. The van der Waals surface area contributed by atoms with Crippen molar-refractivity contribution in [3.05, 3.63) is 101 Å². The first-order chi connectivity index (χ1) is 15.8. The van der Waals surface area contributed by atoms with E-state index in [1.54, 1.807) is 12.1 Å². The molecule has 6 heteroatoms. The van der Waals surface area contributed by atoms with Crippen LogP contribution < -0.4 is 4.90 Å². The van der Waals surface area contributed by atoms with E-state index in [4.69, 9.17) is 0 Å². The van der Waals surface area contributed by atoms with Gasteiger partial charge in [0.25, 0.3) is 5.91 Å². The minimum Gasteiger partial charge on any atom is -0.305 e. The van der Waals surface area contributed by atoms with E-state index in [2.05, 4.69) is 0 Å². The second kappa shape index (κ2) is 9.79. The van der Waals surface area contributed by atoms with Crippen molar-refractivity contribution in [3.63, 3.8) is 0 Å². The van der Waals surface area contributed by atoms with Crippen LogP contribution in [0.4, 0.5) is 18.9 Å². The van der Waals surface area contributed by atoms with Crippen molar-refractivity contribution in [2.45, 2.75) is 38.5 Å². The number of hydrogen-bond donors (Lipinski definition) is 0. The van der Waals surface area contributed by atoms with Gasteiger partial charge in [0.05, 0.1) is 5.56 Å². The molecule has 1 amide bonds. The van der Waals surface area contributed by atoms with Gasteiger partial charge in [0, 0.05) is 36.9 Å². The maximum absolute atomic E-state index is 13.5. The molecule has 172 valence electrons. The molecule has 0 aliphatic carbocycles. The van der Waals surface area contributed by atoms with Crippen molar-refractivity contribution in [2.24, 2.45) is 0 Å². The van der Waals surface area contributed by atoms with Crippen molar-refractivity contribution in [1.82, 2.24) is 4.90 Å². The summed E-state index contributed by atoms with van der Waals surface area (Å²) < 4.78 is 40.1. The molecule has 0 aromatic heterocycles. The van der Waals surface area contributed by atoms with Gasteiger partial charge < -0.3 is 4.90 Å². The van der Waals surface area contributed by atoms with E-state index >= 15 is 0 Å². The Hall–Kier alpha value is -3.12. The van der Waals surface area contributed by atoms with Gasteiger partial charge in [-0.25, -0.2) is 0 Å². The van der Waals surface area contributed by atoms with Gasteiger partial charge in [-0.15, -0.1) is 0 Å². The number of anilines is 1. The van der Waals surface area contributed by atoms with Crippen LogP contribution in [0.3, 0.4) is 0 Å². The molecule has 3 aromatic carbocycles. The lowest BCUT2D eigenvalue weighted by atomic mass is 9.99. The summed E-state index contributed by atoms with van der Waals surface area (Å²) >= 11 is 0. The third-order valence-corrected chi connectivity index (χ3v) is 6.19. The molecule has 0 bridgehead atoms. The van der Waals surface area contributed by atoms with Crippen LogP contribution >= 0.6 is 0 Å². The monoisotopic (exact) mass is 452 g/mol. The molecular weight excluding hydrogens is 425 g/mol. The highest BCUT2D eigenvalue weighted by Crippen LogP contribution is 2.33. The Morgan fingerprint density at radius 1 is 0.909 bits per heavy atom. The number of carbonyl (C=O) groups excluding carboxylic acids is 1. The van der Waals surface area contributed by atoms with Crippen molar-refractivity contribution >= 4 is 11.6 Å². The molecule has 3 aromatic rings. The van der Waals surface area contributed by atoms with Gasteiger partial charge in [0.2, 0.25) is 0 Å². The topological polar surface area (TPSA) is 23.6 Å². The summed E-state index contributed by atoms with van der Waals surface area (Å²) in [6.45, 7) is 3.48. The van der Waals surface area contributed by atoms with Gasteiger partial charge in [-0.1, -0.05) is 54.1 Å². The molecule has 1 saturated heterocycles. The summed E-state index contributed by atoms with van der Waals surface area (Å²) in [4.78, 5) is 17.4. The van der Waals surface area contributed by atoms with Crippen LogP contribution in [0.25, 0.3) is 0 Å². The van der Waals surface area contributed by atoms with Gasteiger partial charge in [0.1, 0.15) is 0 Å². The third kappa shape index (κ3) is 5.45. The Labute approximate surface area is 192 Å². The van der Waals surface area contributed by atoms with E-state index in [-0.39, 0.29) is 18.5 Å². The minimum atomic E-state index is -4.36. The molecular formula is C27H27F3N2O. The fourth-order valence-electron chi connectivity index (χ4n) is 4.43. The molecule has 1 aliphatic heterocycles. The number of benzene rings is 3. The van der Waals surface area contributed by atoms with Crippen LogP contribution in [-0.4, -0.2) is 29.9 Å². The Balaban J connectivity index is 1.50. The first-order valence-corrected chi connectivity index (χ1v) is 11.2. The number of carbonyl (C=O) groups is 1. The normalized spacial score (nSPS) is 15.4. The summed E-state index contributed by atoms with van der Waals surface area (Å²) in [6, 6.07) is 22.9. The molecule has 33 heavy (non-hydrogen) atoms. The number of piperidine rings is 1. The number of nitrogens with zero attached hydrogens (tertiary/aromatic N) is 2. The quantitative estimate of drug-likeness (QED) is 0.452. The maximum atomic E-state index is 13.5. The third-order valence-electron chi connectivity index (χ3n) is 6.19. The van der Waals surface area contributed by atoms with Crippen molar-refractivity contribution in [1.29, 1.82) is 0 Å². The summed E-state index contributed by atoms with van der Waals surface area (Å²) in [7, 11) is 0. The van der Waals surface area contributed by atoms with Crippen LogP contribution in [0.5, 0.6) is 0 Å². The number of rotatable bonds is 5. The van der Waals surface area contributed by atoms with E-state index in [1.807, 2.05) is 71.3 Å². The predicted octanol–water partition coefficient (Wildman–Crippen LogP) is 6.33. The number of amides is 1. The summed E-state index contributed by atoms with van der Waals surface area (Å²) in [5.41, 5.74) is 2.27. The zero-order chi connectivity index (χ0) is 23.4. The average molecular weight is 453 g/mol. The Bertz CT molecular complexity index is 1070. The standard InChI is InChI=1S/C27H27F3N2O/c1-20-11-13-21(14-12-20)26(33)32(23-8-3-2-4-9-23)24-15-17-31(18-16-24)19-22-7-5-6-10-25(22)27(28,29)30/h2-14,24H,15-19H2,1H3. The van der Waals surface area contributed by atoms with Crippen LogP contribution in [0.15, 0.2) is 78.9 Å². The summed E-state index contributed by atoms with van der Waals surface area (Å²) in [5.74, 6) is -0.0536. The van der Waals surface area contributed by atoms with Gasteiger partial charge >= 0.3 is 6.18 Å². The van der Waals surface area contributed by atoms with Gasteiger partial charge in [-0.05, 0) is 55.7 Å². The van der Waals surface area contributed by atoms with E-state index in [0.717, 1.165) is 17.3 Å². The van der Waals surface area contributed by atoms with Crippen LogP contribution in [0.1, 0.15) is 39.9 Å². The zero-order valence-corrected chi connectivity index (χ0v) is 18.6. The molecule has 3 nitrogen and oxygen atoms in total. The molecule has 4 rings (SSSR count). The fraction of sp³-hybridized carbons (Fsp3) is 0.296. The number of hydrogen-bond acceptors (Lipinski definition) is 2. The first-order valence-electron chi connectivity index (χ1n) is 11.2. The fourth-order valence-corrected chi connectivity index (χ4v) is 4.43. The van der Waals surface area contributed by atoms with Crippen molar-refractivity contribution < 1.29 is 18.0 Å². The molecule has 1 heterocycles. The molecule has 1 aliphatic rings. The number of likely N-dealkylation sites (tertiary alicyclic amines) is 1. The Morgan fingerprint density at radius 2 is 1.52 bits per heavy atom. The number of alkyl halides is 3. The van der Waals surface area contributed by atoms with Crippen LogP contribution in [0.2, 0.25) is 0 Å².